The normalized spacial score (nSPS) is 13.9. The Morgan fingerprint density at radius 3 is 2.16 bits per heavy atom. The van der Waals surface area contributed by atoms with Crippen molar-refractivity contribution in [3.63, 3.8) is 0 Å². The van der Waals surface area contributed by atoms with Gasteiger partial charge in [-0.1, -0.05) is 70.4 Å². The summed E-state index contributed by atoms with van der Waals surface area (Å²) in [7, 11) is 0. The first-order chi connectivity index (χ1) is 12.3. The largest absolute Gasteiger partial charge is 0.340 e. The number of rotatable bonds is 16. The van der Waals surface area contributed by atoms with E-state index in [1.807, 2.05) is 0 Å². The molecule has 0 unspecified atom stereocenters. The van der Waals surface area contributed by atoms with Crippen LogP contribution in [0.2, 0.25) is 0 Å². The van der Waals surface area contributed by atoms with Crippen LogP contribution in [0.15, 0.2) is 17.1 Å². The molecule has 4 nitrogen and oxygen atoms in total. The Labute approximate surface area is 154 Å². The Balaban J connectivity index is 1.77. The number of hydrogen-bond acceptors (Lipinski definition) is 4. The zero-order valence-corrected chi connectivity index (χ0v) is 16.3. The second-order valence-corrected chi connectivity index (χ2v) is 6.96. The third kappa shape index (κ3) is 13.6. The maximum atomic E-state index is 11.6. The predicted octanol–water partition coefficient (Wildman–Crippen LogP) is 5.83. The Morgan fingerprint density at radius 1 is 0.960 bits per heavy atom. The van der Waals surface area contributed by atoms with Gasteiger partial charge in [0.2, 0.25) is 0 Å². The summed E-state index contributed by atoms with van der Waals surface area (Å²) in [6.07, 6.45) is 23.3. The van der Waals surface area contributed by atoms with Gasteiger partial charge in [0, 0.05) is 6.42 Å². The molecule has 0 aromatic rings. The van der Waals surface area contributed by atoms with Gasteiger partial charge >= 0.3 is 5.97 Å². The van der Waals surface area contributed by atoms with Crippen LogP contribution in [0.4, 0.5) is 0 Å². The first-order valence-electron chi connectivity index (χ1n) is 10.5. The van der Waals surface area contributed by atoms with Gasteiger partial charge in [0.05, 0.1) is 13.1 Å². The van der Waals surface area contributed by atoms with E-state index in [2.05, 4.69) is 24.1 Å². The van der Waals surface area contributed by atoms with Crippen LogP contribution in [0.3, 0.4) is 0 Å². The van der Waals surface area contributed by atoms with E-state index in [0.29, 0.717) is 13.0 Å². The van der Waals surface area contributed by atoms with Gasteiger partial charge in [-0.3, -0.25) is 4.99 Å². The maximum absolute atomic E-state index is 11.6. The third-order valence-corrected chi connectivity index (χ3v) is 4.52. The van der Waals surface area contributed by atoms with Crippen LogP contribution in [-0.4, -0.2) is 30.5 Å². The number of hydrogen-bond donors (Lipinski definition) is 0. The minimum Gasteiger partial charge on any atom is -0.340 e. The molecular weight excluding hydrogens is 312 g/mol. The van der Waals surface area contributed by atoms with Gasteiger partial charge in [-0.15, -0.1) is 0 Å². The minimum atomic E-state index is -0.133. The van der Waals surface area contributed by atoms with Crippen molar-refractivity contribution in [2.45, 2.75) is 96.8 Å². The lowest BCUT2D eigenvalue weighted by Crippen LogP contribution is -2.24. The van der Waals surface area contributed by atoms with E-state index in [0.717, 1.165) is 19.4 Å². The predicted molar refractivity (Wildman–Crippen MR) is 106 cm³/mol. The SMILES string of the molecule is CCCCCCCC/C=C\CCCCCCCC(=O)ON1C=NCC1. The number of allylic oxidation sites excluding steroid dienone is 2. The Hall–Kier alpha value is -1.32. The highest BCUT2D eigenvalue weighted by Crippen LogP contribution is 2.10. The van der Waals surface area contributed by atoms with Gasteiger partial charge in [0.25, 0.3) is 0 Å². The second-order valence-electron chi connectivity index (χ2n) is 6.96. The monoisotopic (exact) mass is 350 g/mol. The van der Waals surface area contributed by atoms with Crippen LogP contribution in [0.5, 0.6) is 0 Å². The first kappa shape index (κ1) is 21.7. The van der Waals surface area contributed by atoms with E-state index in [9.17, 15) is 4.79 Å². The van der Waals surface area contributed by atoms with Gasteiger partial charge < -0.3 is 4.84 Å². The third-order valence-electron chi connectivity index (χ3n) is 4.52. The van der Waals surface area contributed by atoms with Crippen LogP contribution in [0, 0.1) is 0 Å². The van der Waals surface area contributed by atoms with Gasteiger partial charge in [0.15, 0.2) is 0 Å². The molecule has 0 amide bonds. The van der Waals surface area contributed by atoms with E-state index in [1.165, 1.54) is 75.7 Å². The number of aliphatic imine (C=N–C) groups is 1. The molecule has 0 N–H and O–H groups in total. The molecule has 0 fully saturated rings. The highest BCUT2D eigenvalue weighted by atomic mass is 16.7. The van der Waals surface area contributed by atoms with Gasteiger partial charge in [-0.05, 0) is 32.1 Å². The summed E-state index contributed by atoms with van der Waals surface area (Å²) < 4.78 is 0. The summed E-state index contributed by atoms with van der Waals surface area (Å²) in [5, 5.41) is 1.53. The molecule has 0 aromatic heterocycles. The zero-order valence-electron chi connectivity index (χ0n) is 16.3. The lowest BCUT2D eigenvalue weighted by Gasteiger charge is -2.12. The van der Waals surface area contributed by atoms with Gasteiger partial charge in [-0.2, -0.15) is 5.06 Å². The Morgan fingerprint density at radius 2 is 1.56 bits per heavy atom. The highest BCUT2D eigenvalue weighted by Gasteiger charge is 2.11. The van der Waals surface area contributed by atoms with E-state index >= 15 is 0 Å². The van der Waals surface area contributed by atoms with Crippen molar-refractivity contribution in [1.82, 2.24) is 5.06 Å². The van der Waals surface area contributed by atoms with Gasteiger partial charge in [-0.25, -0.2) is 4.79 Å². The summed E-state index contributed by atoms with van der Waals surface area (Å²) in [6.45, 7) is 3.68. The summed E-state index contributed by atoms with van der Waals surface area (Å²) in [6, 6.07) is 0. The number of carbonyl (C=O) groups is 1. The molecule has 4 heteroatoms. The van der Waals surface area contributed by atoms with Crippen molar-refractivity contribution in [3.8, 4) is 0 Å². The van der Waals surface area contributed by atoms with Crippen molar-refractivity contribution < 1.29 is 9.63 Å². The maximum Gasteiger partial charge on any atom is 0.332 e. The fourth-order valence-corrected chi connectivity index (χ4v) is 2.95. The molecule has 0 aliphatic carbocycles. The molecule has 144 valence electrons. The molecule has 1 heterocycles. The van der Waals surface area contributed by atoms with Crippen molar-refractivity contribution >= 4 is 12.3 Å². The molecule has 0 saturated heterocycles. The molecule has 25 heavy (non-hydrogen) atoms. The fraction of sp³-hybridized carbons (Fsp3) is 0.810. The molecule has 0 aromatic carbocycles. The molecule has 0 spiro atoms. The van der Waals surface area contributed by atoms with Crippen LogP contribution in [-0.2, 0) is 9.63 Å². The zero-order chi connectivity index (χ0) is 18.0. The molecule has 1 aliphatic rings. The number of nitrogens with zero attached hydrogens (tertiary/aromatic N) is 2. The minimum absolute atomic E-state index is 0.133. The van der Waals surface area contributed by atoms with Crippen LogP contribution >= 0.6 is 0 Å². The van der Waals surface area contributed by atoms with Crippen molar-refractivity contribution in [2.24, 2.45) is 4.99 Å². The summed E-state index contributed by atoms with van der Waals surface area (Å²) in [4.78, 5) is 20.8. The molecule has 1 aliphatic heterocycles. The number of hydroxylamine groups is 2. The summed E-state index contributed by atoms with van der Waals surface area (Å²) in [5.74, 6) is -0.133. The molecule has 1 rings (SSSR count). The quantitative estimate of drug-likeness (QED) is 0.260. The molecule has 0 radical (unpaired) electrons. The van der Waals surface area contributed by atoms with E-state index in [4.69, 9.17) is 4.84 Å². The fourth-order valence-electron chi connectivity index (χ4n) is 2.95. The van der Waals surface area contributed by atoms with E-state index < -0.39 is 0 Å². The van der Waals surface area contributed by atoms with Crippen molar-refractivity contribution in [1.29, 1.82) is 0 Å². The summed E-state index contributed by atoms with van der Waals surface area (Å²) >= 11 is 0. The lowest BCUT2D eigenvalue weighted by molar-refractivity contribution is -0.170. The lowest BCUT2D eigenvalue weighted by atomic mass is 10.1. The average molecular weight is 351 g/mol. The van der Waals surface area contributed by atoms with Crippen LogP contribution in [0.25, 0.3) is 0 Å². The van der Waals surface area contributed by atoms with Crippen molar-refractivity contribution in [2.75, 3.05) is 13.1 Å². The molecule has 0 bridgehead atoms. The highest BCUT2D eigenvalue weighted by molar-refractivity contribution is 5.70. The Kier molecular flexibility index (Phi) is 14.0. The number of unbranched alkanes of at least 4 members (excludes halogenated alkanes) is 11. The average Bonchev–Trinajstić information content (AvgIpc) is 3.11. The van der Waals surface area contributed by atoms with Crippen LogP contribution in [0.1, 0.15) is 96.8 Å². The first-order valence-corrected chi connectivity index (χ1v) is 10.5. The van der Waals surface area contributed by atoms with E-state index in [1.54, 1.807) is 6.34 Å². The summed E-state index contributed by atoms with van der Waals surface area (Å²) in [5.41, 5.74) is 0. The molecular formula is C21H38N2O2. The van der Waals surface area contributed by atoms with Crippen molar-refractivity contribution in [3.05, 3.63) is 12.2 Å². The topological polar surface area (TPSA) is 41.9 Å². The van der Waals surface area contributed by atoms with Crippen LogP contribution < -0.4 is 0 Å². The second kappa shape index (κ2) is 16.2. The standard InChI is InChI=1S/C21H38N2O2/c1-2-3-4-5-6-7-8-9-10-11-12-13-14-15-16-17-21(24)25-23-19-18-22-20-23/h9-10,20H,2-8,11-19H2,1H3/b10-9-. The smallest absolute Gasteiger partial charge is 0.332 e. The van der Waals surface area contributed by atoms with Gasteiger partial charge in [0.1, 0.15) is 6.34 Å². The molecule has 0 atom stereocenters. The van der Waals surface area contributed by atoms with E-state index in [-0.39, 0.29) is 5.97 Å². The number of carbonyl (C=O) groups excluding carboxylic acids is 1. The molecule has 0 saturated carbocycles. The Bertz CT molecular complexity index is 380.